The summed E-state index contributed by atoms with van der Waals surface area (Å²) >= 11 is 0. The quantitative estimate of drug-likeness (QED) is 0.164. The van der Waals surface area contributed by atoms with Gasteiger partial charge in [0, 0.05) is 28.7 Å². The number of carbonyl (C=O) groups excluding carboxylic acids is 2. The van der Waals surface area contributed by atoms with Crippen LogP contribution in [0.25, 0.3) is 11.1 Å². The Labute approximate surface area is 223 Å². The minimum absolute atomic E-state index is 0.175. The van der Waals surface area contributed by atoms with Gasteiger partial charge >= 0.3 is 11.9 Å². The minimum atomic E-state index is -0.455. The molecule has 0 aliphatic heterocycles. The predicted octanol–water partition coefficient (Wildman–Crippen LogP) is 7.67. The van der Waals surface area contributed by atoms with Crippen LogP contribution in [0, 0.1) is 0 Å². The lowest BCUT2D eigenvalue weighted by molar-refractivity contribution is -0.140. The highest BCUT2D eigenvalue weighted by molar-refractivity contribution is 5.87. The zero-order valence-corrected chi connectivity index (χ0v) is 21.3. The van der Waals surface area contributed by atoms with Crippen molar-refractivity contribution in [2.24, 2.45) is 0 Å². The molecule has 0 aliphatic carbocycles. The van der Waals surface area contributed by atoms with Gasteiger partial charge in [0.25, 0.3) is 0 Å². The summed E-state index contributed by atoms with van der Waals surface area (Å²) in [4.78, 5) is 25.3. The lowest BCUT2D eigenvalue weighted by atomic mass is 10.0. The van der Waals surface area contributed by atoms with E-state index in [0.717, 1.165) is 45.4 Å². The molecule has 0 spiro atoms. The van der Waals surface area contributed by atoms with Crippen LogP contribution in [0.15, 0.2) is 128 Å². The van der Waals surface area contributed by atoms with E-state index < -0.39 is 11.9 Å². The van der Waals surface area contributed by atoms with E-state index in [1.807, 2.05) is 66.7 Å². The van der Waals surface area contributed by atoms with Crippen molar-refractivity contribution in [2.75, 3.05) is 4.90 Å². The summed E-state index contributed by atoms with van der Waals surface area (Å²) in [5.41, 5.74) is 7.27. The van der Waals surface area contributed by atoms with Gasteiger partial charge in [-0.15, -0.1) is 0 Å². The van der Waals surface area contributed by atoms with Crippen LogP contribution in [0.1, 0.15) is 18.1 Å². The molecule has 0 amide bonds. The molecular weight excluding hydrogens is 474 g/mol. The van der Waals surface area contributed by atoms with Crippen LogP contribution < -0.4 is 4.90 Å². The number of benzene rings is 4. The van der Waals surface area contributed by atoms with Gasteiger partial charge < -0.3 is 14.4 Å². The standard InChI is InChI=1S/C33H29NO4/c1-4-32(35)37-22-25-10-16-29(17-11-25)34(30-18-12-26(13-19-30)23-38-33(36)24(2)3)31-20-14-28(15-21-31)27-8-6-5-7-9-27/h4-21H,1-2,22-23H2,3H3. The first-order chi connectivity index (χ1) is 18.4. The van der Waals surface area contributed by atoms with Crippen molar-refractivity contribution >= 4 is 29.0 Å². The second-order valence-corrected chi connectivity index (χ2v) is 8.75. The molecule has 5 nitrogen and oxygen atoms in total. The monoisotopic (exact) mass is 503 g/mol. The highest BCUT2D eigenvalue weighted by Crippen LogP contribution is 2.36. The molecule has 0 aromatic heterocycles. The fourth-order valence-corrected chi connectivity index (χ4v) is 3.85. The van der Waals surface area contributed by atoms with Gasteiger partial charge in [-0.2, -0.15) is 0 Å². The van der Waals surface area contributed by atoms with Crippen LogP contribution >= 0.6 is 0 Å². The van der Waals surface area contributed by atoms with Gasteiger partial charge in [0.2, 0.25) is 0 Å². The summed E-state index contributed by atoms with van der Waals surface area (Å²) in [5.74, 6) is -0.865. The second kappa shape index (κ2) is 12.4. The zero-order valence-electron chi connectivity index (χ0n) is 21.3. The average Bonchev–Trinajstić information content (AvgIpc) is 2.96. The second-order valence-electron chi connectivity index (χ2n) is 8.75. The maximum Gasteiger partial charge on any atom is 0.333 e. The first-order valence-electron chi connectivity index (χ1n) is 12.2. The highest BCUT2D eigenvalue weighted by atomic mass is 16.5. The van der Waals surface area contributed by atoms with Gasteiger partial charge in [-0.1, -0.05) is 79.9 Å². The minimum Gasteiger partial charge on any atom is -0.458 e. The molecule has 0 aliphatic rings. The van der Waals surface area contributed by atoms with E-state index in [-0.39, 0.29) is 13.2 Å². The lowest BCUT2D eigenvalue weighted by Crippen LogP contribution is -2.10. The number of esters is 2. The van der Waals surface area contributed by atoms with Crippen molar-refractivity contribution in [1.29, 1.82) is 0 Å². The van der Waals surface area contributed by atoms with Crippen molar-refractivity contribution < 1.29 is 19.1 Å². The van der Waals surface area contributed by atoms with Crippen molar-refractivity contribution in [3.63, 3.8) is 0 Å². The molecule has 0 bridgehead atoms. The summed E-state index contributed by atoms with van der Waals surface area (Å²) in [6, 6.07) is 34.3. The Hall–Kier alpha value is -4.90. The Bertz CT molecular complexity index is 1410. The Morgan fingerprint density at radius 1 is 0.684 bits per heavy atom. The van der Waals surface area contributed by atoms with Crippen LogP contribution in [0.5, 0.6) is 0 Å². The average molecular weight is 504 g/mol. The fraction of sp³-hybridized carbons (Fsp3) is 0.0909. The fourth-order valence-electron chi connectivity index (χ4n) is 3.85. The Balaban J connectivity index is 1.62. The van der Waals surface area contributed by atoms with Crippen molar-refractivity contribution in [3.8, 4) is 11.1 Å². The summed E-state index contributed by atoms with van der Waals surface area (Å²) < 4.78 is 10.4. The number of hydrogen-bond donors (Lipinski definition) is 0. The Kier molecular flexibility index (Phi) is 8.52. The molecule has 0 unspecified atom stereocenters. The van der Waals surface area contributed by atoms with Gasteiger partial charge in [0.05, 0.1) is 0 Å². The molecule has 4 aromatic rings. The number of anilines is 3. The van der Waals surface area contributed by atoms with E-state index in [9.17, 15) is 9.59 Å². The summed E-state index contributed by atoms with van der Waals surface area (Å²) in [7, 11) is 0. The summed E-state index contributed by atoms with van der Waals surface area (Å²) in [6.45, 7) is 9.02. The summed E-state index contributed by atoms with van der Waals surface area (Å²) in [5, 5.41) is 0. The van der Waals surface area contributed by atoms with E-state index in [0.29, 0.717) is 5.57 Å². The van der Waals surface area contributed by atoms with Gasteiger partial charge in [0.1, 0.15) is 13.2 Å². The number of ether oxygens (including phenoxy) is 2. The van der Waals surface area contributed by atoms with Crippen LogP contribution in [-0.4, -0.2) is 11.9 Å². The van der Waals surface area contributed by atoms with Gasteiger partial charge in [-0.3, -0.25) is 0 Å². The van der Waals surface area contributed by atoms with E-state index in [1.165, 1.54) is 0 Å². The molecule has 0 saturated heterocycles. The molecular formula is C33H29NO4. The maximum absolute atomic E-state index is 11.8. The van der Waals surface area contributed by atoms with Crippen LogP contribution in [0.3, 0.4) is 0 Å². The van der Waals surface area contributed by atoms with Crippen LogP contribution in [-0.2, 0) is 32.3 Å². The largest absolute Gasteiger partial charge is 0.458 e. The molecule has 190 valence electrons. The van der Waals surface area contributed by atoms with E-state index in [1.54, 1.807) is 6.92 Å². The Morgan fingerprint density at radius 3 is 1.61 bits per heavy atom. The molecule has 0 atom stereocenters. The van der Waals surface area contributed by atoms with E-state index in [4.69, 9.17) is 9.47 Å². The third-order valence-electron chi connectivity index (χ3n) is 5.89. The molecule has 38 heavy (non-hydrogen) atoms. The smallest absolute Gasteiger partial charge is 0.333 e. The van der Waals surface area contributed by atoms with Gasteiger partial charge in [0.15, 0.2) is 0 Å². The maximum atomic E-state index is 11.8. The van der Waals surface area contributed by atoms with E-state index >= 15 is 0 Å². The highest BCUT2D eigenvalue weighted by Gasteiger charge is 2.14. The van der Waals surface area contributed by atoms with E-state index in [2.05, 4.69) is 54.5 Å². The number of nitrogens with zero attached hydrogens (tertiary/aromatic N) is 1. The first kappa shape index (κ1) is 26.2. The summed E-state index contributed by atoms with van der Waals surface area (Å²) in [6.07, 6.45) is 1.15. The van der Waals surface area contributed by atoms with Gasteiger partial charge in [-0.25, -0.2) is 9.59 Å². The predicted molar refractivity (Wildman–Crippen MR) is 151 cm³/mol. The zero-order chi connectivity index (χ0) is 26.9. The number of hydrogen-bond acceptors (Lipinski definition) is 5. The Morgan fingerprint density at radius 2 is 1.13 bits per heavy atom. The molecule has 0 radical (unpaired) electrons. The normalized spacial score (nSPS) is 10.3. The third-order valence-corrected chi connectivity index (χ3v) is 5.89. The van der Waals surface area contributed by atoms with Crippen molar-refractivity contribution in [2.45, 2.75) is 20.1 Å². The van der Waals surface area contributed by atoms with Gasteiger partial charge in [-0.05, 0) is 65.6 Å². The van der Waals surface area contributed by atoms with Crippen LogP contribution in [0.4, 0.5) is 17.1 Å². The van der Waals surface area contributed by atoms with Crippen molar-refractivity contribution in [3.05, 3.63) is 139 Å². The topological polar surface area (TPSA) is 55.8 Å². The SMILES string of the molecule is C=CC(=O)OCc1ccc(N(c2ccc(COC(=O)C(=C)C)cc2)c2ccc(-c3ccccc3)cc2)cc1. The lowest BCUT2D eigenvalue weighted by Gasteiger charge is -2.26. The molecule has 5 heteroatoms. The molecule has 4 rings (SSSR count). The molecule has 0 N–H and O–H groups in total. The molecule has 0 fully saturated rings. The molecule has 4 aromatic carbocycles. The number of rotatable bonds is 10. The third kappa shape index (κ3) is 6.65. The number of carbonyl (C=O) groups is 2. The first-order valence-corrected chi connectivity index (χ1v) is 12.2. The van der Waals surface area contributed by atoms with Crippen LogP contribution in [0.2, 0.25) is 0 Å². The van der Waals surface area contributed by atoms with Crippen molar-refractivity contribution in [1.82, 2.24) is 0 Å². The molecule has 0 heterocycles. The molecule has 0 saturated carbocycles.